The number of benzene rings is 4. The minimum absolute atomic E-state index is 0.0421. The molecule has 0 N–H and O–H groups in total. The van der Waals surface area contributed by atoms with Crippen molar-refractivity contribution in [2.24, 2.45) is 0 Å². The highest BCUT2D eigenvalue weighted by Gasteiger charge is 2.22. The highest BCUT2D eigenvalue weighted by molar-refractivity contribution is 9.10. The second-order valence-electron chi connectivity index (χ2n) is 8.30. The van der Waals surface area contributed by atoms with Gasteiger partial charge in [0.05, 0.1) is 11.5 Å². The number of aryl methyl sites for hydroxylation is 1. The first-order chi connectivity index (χ1) is 16.9. The Labute approximate surface area is 215 Å². The summed E-state index contributed by atoms with van der Waals surface area (Å²) in [6, 6.07) is 32.6. The normalized spacial score (nSPS) is 12.3. The molecule has 35 heavy (non-hydrogen) atoms. The van der Waals surface area contributed by atoms with Gasteiger partial charge in [-0.2, -0.15) is 8.42 Å². The zero-order valence-electron chi connectivity index (χ0n) is 19.4. The van der Waals surface area contributed by atoms with Gasteiger partial charge in [0, 0.05) is 16.0 Å². The lowest BCUT2D eigenvalue weighted by Crippen LogP contribution is -2.12. The van der Waals surface area contributed by atoms with Gasteiger partial charge in [-0.25, -0.2) is 0 Å². The molecule has 4 aromatic carbocycles. The maximum Gasteiger partial charge on any atom is 0.296 e. The van der Waals surface area contributed by atoms with E-state index >= 15 is 0 Å². The average molecular weight is 552 g/mol. The summed E-state index contributed by atoms with van der Waals surface area (Å²) in [4.78, 5) is 0.161. The summed E-state index contributed by atoms with van der Waals surface area (Å²) in [5.74, 6) is 0.639. The molecular formula is C29H27BrO4S. The Kier molecular flexibility index (Phi) is 8.39. The Hall–Kier alpha value is -2.93. The topological polar surface area (TPSA) is 52.6 Å². The van der Waals surface area contributed by atoms with Crippen LogP contribution in [0.4, 0.5) is 0 Å². The fourth-order valence-corrected chi connectivity index (χ4v) is 5.19. The van der Waals surface area contributed by atoms with Gasteiger partial charge in [0.15, 0.2) is 0 Å². The molecule has 0 bridgehead atoms. The van der Waals surface area contributed by atoms with Crippen LogP contribution in [0.5, 0.6) is 5.75 Å². The Morgan fingerprint density at radius 3 is 2.17 bits per heavy atom. The van der Waals surface area contributed by atoms with Crippen LogP contribution in [-0.4, -0.2) is 15.0 Å². The van der Waals surface area contributed by atoms with Gasteiger partial charge in [0.1, 0.15) is 12.4 Å². The van der Waals surface area contributed by atoms with Gasteiger partial charge in [-0.3, -0.25) is 4.18 Å². The van der Waals surface area contributed by atoms with Crippen molar-refractivity contribution < 1.29 is 17.3 Å². The van der Waals surface area contributed by atoms with Gasteiger partial charge in [-0.1, -0.05) is 94.3 Å². The summed E-state index contributed by atoms with van der Waals surface area (Å²) in [7, 11) is -3.84. The molecule has 0 saturated carbocycles. The van der Waals surface area contributed by atoms with Crippen molar-refractivity contribution in [3.05, 3.63) is 130 Å². The Morgan fingerprint density at radius 2 is 1.49 bits per heavy atom. The zero-order chi connectivity index (χ0) is 24.7. The standard InChI is InChI=1S/C29H27BrO4S/c1-22-12-15-26(16-13-22)35(31,32)34-19-18-27(24-10-6-3-7-11-24)28-20-25(30)14-17-29(28)33-21-23-8-4-2-5-9-23/h2-17,20,27H,18-19,21H2,1H3/t27-/m0/s1. The molecule has 0 fully saturated rings. The molecule has 0 heterocycles. The lowest BCUT2D eigenvalue weighted by molar-refractivity contribution is 0.292. The van der Waals surface area contributed by atoms with Crippen LogP contribution in [0.1, 0.15) is 34.6 Å². The lowest BCUT2D eigenvalue weighted by atomic mass is 9.88. The van der Waals surface area contributed by atoms with E-state index in [1.54, 1.807) is 24.3 Å². The monoisotopic (exact) mass is 550 g/mol. The summed E-state index contributed by atoms with van der Waals surface area (Å²) in [6.45, 7) is 2.40. The molecular weight excluding hydrogens is 524 g/mol. The third-order valence-corrected chi connectivity index (χ3v) is 7.56. The van der Waals surface area contributed by atoms with Crippen molar-refractivity contribution in [3.63, 3.8) is 0 Å². The molecule has 0 saturated heterocycles. The SMILES string of the molecule is Cc1ccc(S(=O)(=O)OCC[C@@H](c2ccccc2)c2cc(Br)ccc2OCc2ccccc2)cc1. The van der Waals surface area contributed by atoms with Crippen LogP contribution in [0, 0.1) is 6.92 Å². The number of hydrogen-bond donors (Lipinski definition) is 0. The maximum atomic E-state index is 12.7. The fraction of sp³-hybridized carbons (Fsp3) is 0.172. The fourth-order valence-electron chi connectivity index (χ4n) is 3.89. The van der Waals surface area contributed by atoms with Gasteiger partial charge >= 0.3 is 0 Å². The lowest BCUT2D eigenvalue weighted by Gasteiger charge is -2.22. The van der Waals surface area contributed by atoms with E-state index in [1.807, 2.05) is 85.8 Å². The van der Waals surface area contributed by atoms with Crippen LogP contribution in [0.2, 0.25) is 0 Å². The van der Waals surface area contributed by atoms with Crippen molar-refractivity contribution in [2.75, 3.05) is 6.61 Å². The average Bonchev–Trinajstić information content (AvgIpc) is 2.87. The van der Waals surface area contributed by atoms with Crippen LogP contribution in [-0.2, 0) is 20.9 Å². The van der Waals surface area contributed by atoms with E-state index in [0.29, 0.717) is 13.0 Å². The van der Waals surface area contributed by atoms with E-state index in [4.69, 9.17) is 8.92 Å². The molecule has 0 spiro atoms. The van der Waals surface area contributed by atoms with Crippen molar-refractivity contribution in [1.82, 2.24) is 0 Å². The van der Waals surface area contributed by atoms with E-state index in [0.717, 1.165) is 32.5 Å². The van der Waals surface area contributed by atoms with E-state index in [2.05, 4.69) is 15.9 Å². The first kappa shape index (κ1) is 25.2. The summed E-state index contributed by atoms with van der Waals surface area (Å²) >= 11 is 3.59. The quantitative estimate of drug-likeness (QED) is 0.195. The first-order valence-corrected chi connectivity index (χ1v) is 13.6. The van der Waals surface area contributed by atoms with E-state index in [9.17, 15) is 8.42 Å². The van der Waals surface area contributed by atoms with E-state index in [-0.39, 0.29) is 17.4 Å². The molecule has 1 atom stereocenters. The van der Waals surface area contributed by atoms with Gasteiger partial charge in [-0.05, 0) is 54.8 Å². The minimum atomic E-state index is -3.84. The minimum Gasteiger partial charge on any atom is -0.489 e. The highest BCUT2D eigenvalue weighted by atomic mass is 79.9. The molecule has 180 valence electrons. The number of hydrogen-bond acceptors (Lipinski definition) is 4. The van der Waals surface area contributed by atoms with Crippen LogP contribution in [0.3, 0.4) is 0 Å². The Morgan fingerprint density at radius 1 is 0.829 bits per heavy atom. The summed E-state index contributed by atoms with van der Waals surface area (Å²) < 4.78 is 38.0. The summed E-state index contributed by atoms with van der Waals surface area (Å²) in [5.41, 5.74) is 4.10. The van der Waals surface area contributed by atoms with E-state index < -0.39 is 10.1 Å². The van der Waals surface area contributed by atoms with Gasteiger partial charge in [0.2, 0.25) is 0 Å². The molecule has 6 heteroatoms. The summed E-state index contributed by atoms with van der Waals surface area (Å²) in [6.07, 6.45) is 0.466. The largest absolute Gasteiger partial charge is 0.489 e. The third kappa shape index (κ3) is 6.82. The second-order valence-corrected chi connectivity index (χ2v) is 10.8. The van der Waals surface area contributed by atoms with Crippen molar-refractivity contribution in [1.29, 1.82) is 0 Å². The zero-order valence-corrected chi connectivity index (χ0v) is 21.8. The van der Waals surface area contributed by atoms with Crippen LogP contribution >= 0.6 is 15.9 Å². The van der Waals surface area contributed by atoms with Gasteiger partial charge < -0.3 is 4.74 Å². The number of rotatable bonds is 10. The Bertz CT molecular complexity index is 1340. The van der Waals surface area contributed by atoms with Crippen LogP contribution in [0.15, 0.2) is 112 Å². The molecule has 0 unspecified atom stereocenters. The van der Waals surface area contributed by atoms with Crippen LogP contribution < -0.4 is 4.74 Å². The smallest absolute Gasteiger partial charge is 0.296 e. The predicted molar refractivity (Wildman–Crippen MR) is 142 cm³/mol. The molecule has 0 aliphatic carbocycles. The van der Waals surface area contributed by atoms with Crippen molar-refractivity contribution in [3.8, 4) is 5.75 Å². The van der Waals surface area contributed by atoms with Crippen LogP contribution in [0.25, 0.3) is 0 Å². The van der Waals surface area contributed by atoms with Crippen molar-refractivity contribution in [2.45, 2.75) is 30.8 Å². The predicted octanol–water partition coefficient (Wildman–Crippen LogP) is 7.26. The molecule has 0 aromatic heterocycles. The molecule has 0 radical (unpaired) electrons. The first-order valence-electron chi connectivity index (χ1n) is 11.4. The molecule has 0 aliphatic heterocycles. The number of halogens is 1. The highest BCUT2D eigenvalue weighted by Crippen LogP contribution is 2.37. The molecule has 0 amide bonds. The number of ether oxygens (including phenoxy) is 1. The third-order valence-electron chi connectivity index (χ3n) is 5.74. The van der Waals surface area contributed by atoms with Gasteiger partial charge in [-0.15, -0.1) is 0 Å². The summed E-state index contributed by atoms with van der Waals surface area (Å²) in [5, 5.41) is 0. The molecule has 4 rings (SSSR count). The Balaban J connectivity index is 1.57. The second kappa shape index (κ2) is 11.7. The molecule has 0 aliphatic rings. The molecule has 4 aromatic rings. The van der Waals surface area contributed by atoms with E-state index in [1.165, 1.54) is 0 Å². The maximum absolute atomic E-state index is 12.7. The molecule has 4 nitrogen and oxygen atoms in total. The van der Waals surface area contributed by atoms with Crippen molar-refractivity contribution >= 4 is 26.0 Å². The van der Waals surface area contributed by atoms with Gasteiger partial charge in [0.25, 0.3) is 10.1 Å².